The van der Waals surface area contributed by atoms with Gasteiger partial charge in [0.05, 0.1) is 13.2 Å². The van der Waals surface area contributed by atoms with Gasteiger partial charge in [0.25, 0.3) is 0 Å². The van der Waals surface area contributed by atoms with Crippen molar-refractivity contribution in [3.63, 3.8) is 0 Å². The Labute approximate surface area is 72.2 Å². The molecular weight excluding hydrogens is 158 g/mol. The molecule has 1 fully saturated rings. The van der Waals surface area contributed by atoms with Gasteiger partial charge < -0.3 is 14.8 Å². The zero-order valence-electron chi connectivity index (χ0n) is 7.34. The lowest BCUT2D eigenvalue weighted by Crippen LogP contribution is -2.43. The van der Waals surface area contributed by atoms with Gasteiger partial charge in [-0.15, -0.1) is 0 Å². The summed E-state index contributed by atoms with van der Waals surface area (Å²) in [5.74, 6) is -0.246. The molecule has 1 unspecified atom stereocenters. The Morgan fingerprint density at radius 2 is 2.58 bits per heavy atom. The molecular formula is C8H15NO3. The third-order valence-electron chi connectivity index (χ3n) is 1.64. The van der Waals surface area contributed by atoms with Gasteiger partial charge in [-0.3, -0.25) is 0 Å². The van der Waals surface area contributed by atoms with E-state index in [1.54, 1.807) is 0 Å². The highest BCUT2D eigenvalue weighted by Crippen LogP contribution is 1.98. The SMILES string of the molecule is CCCOC(=O)C1CNCCO1. The Kier molecular flexibility index (Phi) is 4.04. The van der Waals surface area contributed by atoms with Crippen LogP contribution in [-0.4, -0.2) is 38.4 Å². The fourth-order valence-corrected chi connectivity index (χ4v) is 1.01. The molecule has 0 aliphatic carbocycles. The molecule has 0 amide bonds. The molecule has 0 aromatic rings. The third-order valence-corrected chi connectivity index (χ3v) is 1.64. The van der Waals surface area contributed by atoms with Crippen molar-refractivity contribution in [3.05, 3.63) is 0 Å². The summed E-state index contributed by atoms with van der Waals surface area (Å²) >= 11 is 0. The second-order valence-corrected chi connectivity index (χ2v) is 2.73. The number of ether oxygens (including phenoxy) is 2. The van der Waals surface area contributed by atoms with E-state index in [0.717, 1.165) is 13.0 Å². The highest BCUT2D eigenvalue weighted by Gasteiger charge is 2.22. The number of hydrogen-bond donors (Lipinski definition) is 1. The van der Waals surface area contributed by atoms with E-state index in [1.165, 1.54) is 0 Å². The topological polar surface area (TPSA) is 47.6 Å². The van der Waals surface area contributed by atoms with Crippen LogP contribution in [0.3, 0.4) is 0 Å². The molecule has 1 aliphatic rings. The maximum Gasteiger partial charge on any atom is 0.336 e. The summed E-state index contributed by atoms with van der Waals surface area (Å²) in [5, 5.41) is 3.07. The summed E-state index contributed by atoms with van der Waals surface area (Å²) in [5.41, 5.74) is 0. The van der Waals surface area contributed by atoms with Crippen LogP contribution in [0.5, 0.6) is 0 Å². The molecule has 0 saturated carbocycles. The summed E-state index contributed by atoms with van der Waals surface area (Å²) < 4.78 is 10.1. The highest BCUT2D eigenvalue weighted by atomic mass is 16.6. The highest BCUT2D eigenvalue weighted by molar-refractivity contribution is 5.75. The van der Waals surface area contributed by atoms with Crippen molar-refractivity contribution in [2.45, 2.75) is 19.4 Å². The molecule has 70 valence electrons. The lowest BCUT2D eigenvalue weighted by atomic mass is 10.3. The van der Waals surface area contributed by atoms with Crippen molar-refractivity contribution < 1.29 is 14.3 Å². The molecule has 1 heterocycles. The minimum absolute atomic E-state index is 0.246. The normalized spacial score (nSPS) is 23.6. The molecule has 4 heteroatoms. The molecule has 1 saturated heterocycles. The first-order valence-electron chi connectivity index (χ1n) is 4.33. The maximum absolute atomic E-state index is 11.2. The van der Waals surface area contributed by atoms with Crippen LogP contribution in [0.25, 0.3) is 0 Å². The molecule has 4 nitrogen and oxygen atoms in total. The van der Waals surface area contributed by atoms with Crippen molar-refractivity contribution in [2.75, 3.05) is 26.3 Å². The fourth-order valence-electron chi connectivity index (χ4n) is 1.01. The number of carbonyl (C=O) groups excluding carboxylic acids is 1. The monoisotopic (exact) mass is 173 g/mol. The zero-order chi connectivity index (χ0) is 8.81. The average Bonchev–Trinajstić information content (AvgIpc) is 2.15. The summed E-state index contributed by atoms with van der Waals surface area (Å²) in [4.78, 5) is 11.2. The first-order chi connectivity index (χ1) is 5.84. The van der Waals surface area contributed by atoms with E-state index in [9.17, 15) is 4.79 Å². The number of rotatable bonds is 3. The quantitative estimate of drug-likeness (QED) is 0.607. The van der Waals surface area contributed by atoms with Gasteiger partial charge in [-0.1, -0.05) is 6.92 Å². The number of morpholine rings is 1. The lowest BCUT2D eigenvalue weighted by molar-refractivity contribution is -0.158. The molecule has 0 bridgehead atoms. The van der Waals surface area contributed by atoms with Crippen molar-refractivity contribution in [3.8, 4) is 0 Å². The molecule has 0 radical (unpaired) electrons. The zero-order valence-corrected chi connectivity index (χ0v) is 7.34. The second-order valence-electron chi connectivity index (χ2n) is 2.73. The Morgan fingerprint density at radius 3 is 3.17 bits per heavy atom. The van der Waals surface area contributed by atoms with Crippen molar-refractivity contribution in [1.29, 1.82) is 0 Å². The van der Waals surface area contributed by atoms with Crippen LogP contribution >= 0.6 is 0 Å². The van der Waals surface area contributed by atoms with E-state index in [-0.39, 0.29) is 5.97 Å². The Morgan fingerprint density at radius 1 is 1.75 bits per heavy atom. The van der Waals surface area contributed by atoms with Crippen LogP contribution < -0.4 is 5.32 Å². The van der Waals surface area contributed by atoms with Crippen molar-refractivity contribution in [1.82, 2.24) is 5.32 Å². The number of esters is 1. The largest absolute Gasteiger partial charge is 0.464 e. The second kappa shape index (κ2) is 5.11. The Balaban J connectivity index is 2.20. The van der Waals surface area contributed by atoms with E-state index in [0.29, 0.717) is 19.8 Å². The van der Waals surface area contributed by atoms with Gasteiger partial charge in [-0.05, 0) is 6.42 Å². The molecule has 12 heavy (non-hydrogen) atoms. The lowest BCUT2D eigenvalue weighted by Gasteiger charge is -2.21. The van der Waals surface area contributed by atoms with E-state index in [4.69, 9.17) is 9.47 Å². The summed E-state index contributed by atoms with van der Waals surface area (Å²) in [7, 11) is 0. The van der Waals surface area contributed by atoms with Gasteiger partial charge in [-0.25, -0.2) is 4.79 Å². The molecule has 1 aliphatic heterocycles. The van der Waals surface area contributed by atoms with Gasteiger partial charge in [0.1, 0.15) is 0 Å². The molecule has 0 spiro atoms. The molecule has 0 aromatic heterocycles. The third kappa shape index (κ3) is 2.79. The van der Waals surface area contributed by atoms with Crippen LogP contribution in [0.15, 0.2) is 0 Å². The Hall–Kier alpha value is -0.610. The minimum Gasteiger partial charge on any atom is -0.464 e. The number of carbonyl (C=O) groups is 1. The summed E-state index contributed by atoms with van der Waals surface area (Å²) in [6.45, 7) is 4.43. The van der Waals surface area contributed by atoms with Crippen molar-refractivity contribution in [2.24, 2.45) is 0 Å². The number of nitrogens with one attached hydrogen (secondary N) is 1. The van der Waals surface area contributed by atoms with Crippen LogP contribution in [0.4, 0.5) is 0 Å². The van der Waals surface area contributed by atoms with Gasteiger partial charge in [-0.2, -0.15) is 0 Å². The smallest absolute Gasteiger partial charge is 0.336 e. The summed E-state index contributed by atoms with van der Waals surface area (Å²) in [6.07, 6.45) is 0.455. The van der Waals surface area contributed by atoms with E-state index < -0.39 is 6.10 Å². The molecule has 0 aromatic carbocycles. The van der Waals surface area contributed by atoms with Gasteiger partial charge in [0.15, 0.2) is 6.10 Å². The van der Waals surface area contributed by atoms with E-state index in [2.05, 4.69) is 5.32 Å². The van der Waals surface area contributed by atoms with Gasteiger partial charge in [0.2, 0.25) is 0 Å². The summed E-state index contributed by atoms with van der Waals surface area (Å²) in [6, 6.07) is 0. The Bertz CT molecular complexity index is 143. The van der Waals surface area contributed by atoms with Crippen LogP contribution in [0, 0.1) is 0 Å². The first kappa shape index (κ1) is 9.48. The van der Waals surface area contributed by atoms with Gasteiger partial charge in [0, 0.05) is 13.1 Å². The predicted octanol–water partition coefficient (Wildman–Crippen LogP) is -0.0720. The standard InChI is InChI=1S/C8H15NO3/c1-2-4-12-8(10)7-6-9-3-5-11-7/h7,9H,2-6H2,1H3. The maximum atomic E-state index is 11.2. The van der Waals surface area contributed by atoms with E-state index >= 15 is 0 Å². The predicted molar refractivity (Wildman–Crippen MR) is 43.9 cm³/mol. The number of hydrogen-bond acceptors (Lipinski definition) is 4. The van der Waals surface area contributed by atoms with Crippen LogP contribution in [-0.2, 0) is 14.3 Å². The molecule has 1 rings (SSSR count). The average molecular weight is 173 g/mol. The fraction of sp³-hybridized carbons (Fsp3) is 0.875. The van der Waals surface area contributed by atoms with Gasteiger partial charge >= 0.3 is 5.97 Å². The van der Waals surface area contributed by atoms with Crippen LogP contribution in [0.1, 0.15) is 13.3 Å². The van der Waals surface area contributed by atoms with Crippen LogP contribution in [0.2, 0.25) is 0 Å². The minimum atomic E-state index is -0.398. The first-order valence-corrected chi connectivity index (χ1v) is 4.33. The molecule has 1 N–H and O–H groups in total. The van der Waals surface area contributed by atoms with E-state index in [1.807, 2.05) is 6.92 Å². The molecule has 1 atom stereocenters. The van der Waals surface area contributed by atoms with Crippen molar-refractivity contribution >= 4 is 5.97 Å².